The highest BCUT2D eigenvalue weighted by atomic mass is 127. The number of alkyl halides is 2. The molecule has 2 heteroatoms. The van der Waals surface area contributed by atoms with Crippen molar-refractivity contribution in [3.8, 4) is 0 Å². The largest absolute Gasteiger partial charge is 0.0864 e. The van der Waals surface area contributed by atoms with E-state index in [-0.39, 0.29) is 0 Å². The van der Waals surface area contributed by atoms with Crippen molar-refractivity contribution in [2.75, 3.05) is 8.86 Å². The molecule has 0 spiro atoms. The molecule has 0 saturated heterocycles. The average molecular weight is 474 g/mol. The first-order chi connectivity index (χ1) is 8.81. The summed E-state index contributed by atoms with van der Waals surface area (Å²) in [6, 6.07) is 0. The normalized spacial score (nSPS) is 37.0. The lowest BCUT2D eigenvalue weighted by molar-refractivity contribution is 0.223. The van der Waals surface area contributed by atoms with Gasteiger partial charge in [0.05, 0.1) is 0 Å². The number of halogens is 2. The lowest BCUT2D eigenvalue weighted by Crippen LogP contribution is -2.18. The number of hydrogen-bond acceptors (Lipinski definition) is 0. The van der Waals surface area contributed by atoms with Crippen molar-refractivity contribution < 1.29 is 0 Å². The zero-order valence-electron chi connectivity index (χ0n) is 11.6. The van der Waals surface area contributed by atoms with Crippen LogP contribution in [0.4, 0.5) is 0 Å². The van der Waals surface area contributed by atoms with Crippen molar-refractivity contribution in [2.45, 2.75) is 64.2 Å². The molecule has 4 atom stereocenters. The first kappa shape index (κ1) is 15.8. The van der Waals surface area contributed by atoms with Gasteiger partial charge in [-0.1, -0.05) is 77.3 Å². The van der Waals surface area contributed by atoms with Gasteiger partial charge in [-0.2, -0.15) is 0 Å². The van der Waals surface area contributed by atoms with Gasteiger partial charge >= 0.3 is 0 Å². The second-order valence-electron chi connectivity index (χ2n) is 6.63. The van der Waals surface area contributed by atoms with Crippen LogP contribution in [0.5, 0.6) is 0 Å². The summed E-state index contributed by atoms with van der Waals surface area (Å²) in [6.07, 6.45) is 15.4. The predicted molar refractivity (Wildman–Crippen MR) is 97.9 cm³/mol. The molecule has 2 fully saturated rings. The quantitative estimate of drug-likeness (QED) is 0.316. The number of rotatable bonds is 6. The van der Waals surface area contributed by atoms with E-state index < -0.39 is 0 Å². The highest BCUT2D eigenvalue weighted by molar-refractivity contribution is 14.1. The van der Waals surface area contributed by atoms with Crippen LogP contribution < -0.4 is 0 Å². The van der Waals surface area contributed by atoms with E-state index in [1.807, 2.05) is 0 Å². The molecular formula is C16H28I2. The minimum absolute atomic E-state index is 1.08. The van der Waals surface area contributed by atoms with Gasteiger partial charge in [0.15, 0.2) is 0 Å². The van der Waals surface area contributed by atoms with E-state index in [9.17, 15) is 0 Å². The summed E-state index contributed by atoms with van der Waals surface area (Å²) < 4.78 is 2.74. The first-order valence-electron chi connectivity index (χ1n) is 7.93. The lowest BCUT2D eigenvalue weighted by atomic mass is 9.76. The Labute approximate surface area is 141 Å². The van der Waals surface area contributed by atoms with E-state index in [4.69, 9.17) is 0 Å². The Morgan fingerprint density at radius 3 is 1.83 bits per heavy atom. The topological polar surface area (TPSA) is 0 Å². The van der Waals surface area contributed by atoms with Gasteiger partial charge in [0, 0.05) is 0 Å². The summed E-state index contributed by atoms with van der Waals surface area (Å²) in [5.41, 5.74) is 0. The van der Waals surface area contributed by atoms with E-state index in [2.05, 4.69) is 45.2 Å². The fraction of sp³-hybridized carbons (Fsp3) is 1.00. The summed E-state index contributed by atoms with van der Waals surface area (Å²) in [5.74, 6) is 4.35. The molecule has 18 heavy (non-hydrogen) atoms. The fourth-order valence-corrected chi connectivity index (χ4v) is 6.07. The molecule has 0 bridgehead atoms. The molecule has 2 saturated carbocycles. The second kappa shape index (κ2) is 8.68. The van der Waals surface area contributed by atoms with Gasteiger partial charge in [-0.15, -0.1) is 0 Å². The standard InChI is InChI=1S/C16H28I2/c17-8-6-13-2-1-3-15(10-13)12-16-5-4-14(11-16)7-9-18/h13-16H,1-12H2. The van der Waals surface area contributed by atoms with Gasteiger partial charge < -0.3 is 0 Å². The zero-order valence-corrected chi connectivity index (χ0v) is 15.9. The molecule has 0 heterocycles. The monoisotopic (exact) mass is 474 g/mol. The molecule has 0 aromatic heterocycles. The molecule has 0 aromatic carbocycles. The Hall–Kier alpha value is 1.46. The molecule has 0 aliphatic heterocycles. The molecule has 0 radical (unpaired) electrons. The Bertz CT molecular complexity index is 227. The SMILES string of the molecule is ICCC1CCCC(CC2CCC(CCI)C2)C1. The smallest absolute Gasteiger partial charge is 0.000209 e. The molecule has 0 amide bonds. The molecule has 106 valence electrons. The van der Waals surface area contributed by atoms with E-state index in [1.54, 1.807) is 32.1 Å². The Kier molecular flexibility index (Phi) is 7.64. The van der Waals surface area contributed by atoms with Crippen LogP contribution >= 0.6 is 45.2 Å². The van der Waals surface area contributed by atoms with Crippen molar-refractivity contribution in [2.24, 2.45) is 23.7 Å². The maximum absolute atomic E-state index is 2.56. The fourth-order valence-electron chi connectivity index (χ4n) is 4.31. The molecule has 2 aliphatic rings. The van der Waals surface area contributed by atoms with Crippen LogP contribution in [0.15, 0.2) is 0 Å². The van der Waals surface area contributed by atoms with Crippen molar-refractivity contribution in [1.29, 1.82) is 0 Å². The highest BCUT2D eigenvalue weighted by Crippen LogP contribution is 2.41. The summed E-state index contributed by atoms with van der Waals surface area (Å²) in [6.45, 7) is 0. The van der Waals surface area contributed by atoms with Gasteiger partial charge in [-0.05, 0) is 64.6 Å². The zero-order chi connectivity index (χ0) is 12.8. The van der Waals surface area contributed by atoms with Crippen LogP contribution in [0.25, 0.3) is 0 Å². The van der Waals surface area contributed by atoms with Crippen LogP contribution in [-0.4, -0.2) is 8.86 Å². The average Bonchev–Trinajstić information content (AvgIpc) is 2.78. The molecule has 2 rings (SSSR count). The van der Waals surface area contributed by atoms with Gasteiger partial charge in [0.2, 0.25) is 0 Å². The van der Waals surface area contributed by atoms with Crippen LogP contribution in [0, 0.1) is 23.7 Å². The molecule has 2 aliphatic carbocycles. The van der Waals surface area contributed by atoms with E-state index in [0.717, 1.165) is 23.7 Å². The van der Waals surface area contributed by atoms with Crippen LogP contribution in [0.2, 0.25) is 0 Å². The van der Waals surface area contributed by atoms with Gasteiger partial charge in [0.1, 0.15) is 0 Å². The van der Waals surface area contributed by atoms with Crippen molar-refractivity contribution >= 4 is 45.2 Å². The van der Waals surface area contributed by atoms with Crippen molar-refractivity contribution in [3.63, 3.8) is 0 Å². The Morgan fingerprint density at radius 1 is 0.667 bits per heavy atom. The van der Waals surface area contributed by atoms with Crippen molar-refractivity contribution in [3.05, 3.63) is 0 Å². The predicted octanol–water partition coefficient (Wildman–Crippen LogP) is 6.25. The summed E-state index contributed by atoms with van der Waals surface area (Å²) in [4.78, 5) is 0. The molecule has 0 nitrogen and oxygen atoms in total. The Morgan fingerprint density at radius 2 is 1.17 bits per heavy atom. The Balaban J connectivity index is 1.69. The van der Waals surface area contributed by atoms with Crippen LogP contribution in [-0.2, 0) is 0 Å². The third-order valence-electron chi connectivity index (χ3n) is 5.24. The molecule has 4 unspecified atom stereocenters. The first-order valence-corrected chi connectivity index (χ1v) is 11.0. The lowest BCUT2D eigenvalue weighted by Gasteiger charge is -2.30. The maximum atomic E-state index is 2.56. The maximum Gasteiger partial charge on any atom is -0.000209 e. The summed E-state index contributed by atoms with van der Waals surface area (Å²) >= 11 is 5.11. The molecular weight excluding hydrogens is 446 g/mol. The third-order valence-corrected chi connectivity index (χ3v) is 6.49. The molecule has 0 N–H and O–H groups in total. The second-order valence-corrected chi connectivity index (χ2v) is 8.79. The van der Waals surface area contributed by atoms with Gasteiger partial charge in [-0.25, -0.2) is 0 Å². The van der Waals surface area contributed by atoms with Gasteiger partial charge in [0.25, 0.3) is 0 Å². The van der Waals surface area contributed by atoms with E-state index in [0.29, 0.717) is 0 Å². The third kappa shape index (κ3) is 5.10. The van der Waals surface area contributed by atoms with Gasteiger partial charge in [-0.3, -0.25) is 0 Å². The minimum atomic E-state index is 1.08. The van der Waals surface area contributed by atoms with Crippen molar-refractivity contribution in [1.82, 2.24) is 0 Å². The summed E-state index contributed by atoms with van der Waals surface area (Å²) in [7, 11) is 0. The van der Waals surface area contributed by atoms with E-state index in [1.165, 1.54) is 41.0 Å². The summed E-state index contributed by atoms with van der Waals surface area (Å²) in [5, 5.41) is 0. The van der Waals surface area contributed by atoms with E-state index >= 15 is 0 Å². The number of hydrogen-bond donors (Lipinski definition) is 0. The minimum Gasteiger partial charge on any atom is -0.0864 e. The van der Waals surface area contributed by atoms with Crippen LogP contribution in [0.3, 0.4) is 0 Å². The highest BCUT2D eigenvalue weighted by Gasteiger charge is 2.29. The molecule has 0 aromatic rings. The van der Waals surface area contributed by atoms with Crippen LogP contribution in [0.1, 0.15) is 64.2 Å².